The summed E-state index contributed by atoms with van der Waals surface area (Å²) in [5.74, 6) is 1.78. The molecule has 0 atom stereocenters. The van der Waals surface area contributed by atoms with Crippen LogP contribution in [0.25, 0.3) is 117 Å². The minimum atomic E-state index is 0.577. The SMILES string of the molecule is Bc1c(B)c(-c2nc(-c3ccccc3)nc(-c3ccc4c(c3)oc3ccccc34)n2)c2c(oc3c(B)c(-n4c5ccccc5c5cc(-c6ccccc6)ccc54)c(B)c(B)c32)c1B. The van der Waals surface area contributed by atoms with Crippen LogP contribution in [0.2, 0.25) is 0 Å². The Hall–Kier alpha value is -7.44. The van der Waals surface area contributed by atoms with Crippen LogP contribution >= 0.6 is 0 Å². The first kappa shape index (κ1) is 37.3. The van der Waals surface area contributed by atoms with Crippen LogP contribution in [-0.2, 0) is 0 Å². The van der Waals surface area contributed by atoms with E-state index in [1.807, 2.05) is 36.4 Å². The second-order valence-electron chi connectivity index (χ2n) is 16.9. The number of hydrogen-bond acceptors (Lipinski definition) is 5. The van der Waals surface area contributed by atoms with Crippen molar-refractivity contribution in [3.05, 3.63) is 146 Å². The molecular formula is C51H36B6N4O2. The molecule has 0 spiro atoms. The number of nitrogens with zero attached hydrogens (tertiary/aromatic N) is 4. The van der Waals surface area contributed by atoms with Gasteiger partial charge in [-0.15, -0.1) is 0 Å². The van der Waals surface area contributed by atoms with Gasteiger partial charge in [-0.3, -0.25) is 0 Å². The second-order valence-corrected chi connectivity index (χ2v) is 16.9. The standard InChI is InChI=1S/C51H36B6N4O2/c52-40-38-37-39(51-59-49(26-13-5-2-6-14-26)58-50(60-51)28-19-21-31-30-16-8-10-18-35(30)62-36(31)24-28)41(53)42(54)44(56)47(37)63-48(38)45(57)46(43(40)55)61-33-17-9-7-15-29(33)32-23-27(20-22-34(32)61)25-11-3-1-4-12-25/h1-24H,52-57H2. The lowest BCUT2D eigenvalue weighted by atomic mass is 9.67. The maximum Gasteiger partial charge on any atom is 0.164 e. The van der Waals surface area contributed by atoms with Gasteiger partial charge in [-0.25, -0.2) is 15.0 Å². The third-order valence-electron chi connectivity index (χ3n) is 13.5. The maximum atomic E-state index is 7.20. The summed E-state index contributed by atoms with van der Waals surface area (Å²) < 4.78 is 16.0. The summed E-state index contributed by atoms with van der Waals surface area (Å²) in [7, 11) is 13.2. The zero-order valence-electron chi connectivity index (χ0n) is 36.0. The summed E-state index contributed by atoms with van der Waals surface area (Å²) >= 11 is 0. The highest BCUT2D eigenvalue weighted by Crippen LogP contribution is 2.38. The van der Waals surface area contributed by atoms with E-state index >= 15 is 0 Å². The Morgan fingerprint density at radius 1 is 0.365 bits per heavy atom. The first-order valence-corrected chi connectivity index (χ1v) is 21.5. The number of aromatic nitrogens is 4. The summed E-state index contributed by atoms with van der Waals surface area (Å²) in [5.41, 5.74) is 18.8. The summed E-state index contributed by atoms with van der Waals surface area (Å²) in [5, 5.41) is 6.69. The monoisotopic (exact) mass is 802 g/mol. The van der Waals surface area contributed by atoms with Gasteiger partial charge in [0.15, 0.2) is 17.5 Å². The smallest absolute Gasteiger partial charge is 0.164 e. The Bertz CT molecular complexity index is 3880. The van der Waals surface area contributed by atoms with Crippen LogP contribution in [0, 0.1) is 0 Å². The van der Waals surface area contributed by atoms with Gasteiger partial charge in [0.1, 0.15) is 69.4 Å². The van der Waals surface area contributed by atoms with E-state index in [0.717, 1.165) is 105 Å². The van der Waals surface area contributed by atoms with Gasteiger partial charge in [-0.1, -0.05) is 137 Å². The van der Waals surface area contributed by atoms with Crippen molar-refractivity contribution in [3.8, 4) is 51.0 Å². The summed E-state index contributed by atoms with van der Waals surface area (Å²) in [4.78, 5) is 15.8. The van der Waals surface area contributed by atoms with Crippen molar-refractivity contribution >= 4 is 146 Å². The summed E-state index contributed by atoms with van der Waals surface area (Å²) in [6.45, 7) is 0. The van der Waals surface area contributed by atoms with E-state index in [2.05, 4.69) is 161 Å². The first-order valence-electron chi connectivity index (χ1n) is 21.5. The molecule has 0 amide bonds. The Kier molecular flexibility index (Phi) is 8.32. The highest BCUT2D eigenvalue weighted by Gasteiger charge is 2.27. The van der Waals surface area contributed by atoms with Crippen LogP contribution < -0.4 is 32.8 Å². The summed E-state index contributed by atoms with van der Waals surface area (Å²) in [6.07, 6.45) is 0. The average molecular weight is 802 g/mol. The molecule has 0 aliphatic carbocycles. The van der Waals surface area contributed by atoms with Crippen molar-refractivity contribution in [2.45, 2.75) is 0 Å². The molecule has 0 unspecified atom stereocenters. The number of hydrogen-bond donors (Lipinski definition) is 0. The molecular weight excluding hydrogens is 765 g/mol. The predicted octanol–water partition coefficient (Wildman–Crippen LogP) is 2.99. The van der Waals surface area contributed by atoms with Crippen molar-refractivity contribution < 1.29 is 8.83 Å². The van der Waals surface area contributed by atoms with Crippen LogP contribution in [0.15, 0.2) is 154 Å². The zero-order chi connectivity index (χ0) is 42.7. The molecule has 0 bridgehead atoms. The van der Waals surface area contributed by atoms with Gasteiger partial charge in [-0.2, -0.15) is 0 Å². The highest BCUT2D eigenvalue weighted by atomic mass is 16.3. The highest BCUT2D eigenvalue weighted by molar-refractivity contribution is 6.65. The lowest BCUT2D eigenvalue weighted by Gasteiger charge is -2.19. The quantitative estimate of drug-likeness (QED) is 0.251. The molecule has 12 heteroatoms. The molecule has 6 nitrogen and oxygen atoms in total. The van der Waals surface area contributed by atoms with Gasteiger partial charge in [0.25, 0.3) is 0 Å². The molecule has 8 aromatic carbocycles. The van der Waals surface area contributed by atoms with Crippen LogP contribution in [0.5, 0.6) is 0 Å². The average Bonchev–Trinajstić information content (AvgIpc) is 4.01. The van der Waals surface area contributed by atoms with Gasteiger partial charge in [0, 0.05) is 54.7 Å². The fourth-order valence-corrected chi connectivity index (χ4v) is 9.97. The Balaban J connectivity index is 1.12. The van der Waals surface area contributed by atoms with E-state index in [4.69, 9.17) is 23.8 Å². The van der Waals surface area contributed by atoms with Crippen LogP contribution in [0.1, 0.15) is 0 Å². The summed E-state index contributed by atoms with van der Waals surface area (Å²) in [6, 6.07) is 50.8. The predicted molar refractivity (Wildman–Crippen MR) is 280 cm³/mol. The molecule has 63 heavy (non-hydrogen) atoms. The molecule has 12 aromatic rings. The molecule has 4 heterocycles. The number of rotatable bonds is 5. The number of para-hydroxylation sites is 2. The van der Waals surface area contributed by atoms with Gasteiger partial charge in [0.05, 0.1) is 11.0 Å². The number of benzene rings is 8. The van der Waals surface area contributed by atoms with Crippen molar-refractivity contribution in [1.29, 1.82) is 0 Å². The van der Waals surface area contributed by atoms with E-state index in [0.29, 0.717) is 17.5 Å². The van der Waals surface area contributed by atoms with E-state index in [1.165, 1.54) is 27.4 Å². The lowest BCUT2D eigenvalue weighted by molar-refractivity contribution is 0.669. The van der Waals surface area contributed by atoms with E-state index in [9.17, 15) is 0 Å². The Labute approximate surface area is 368 Å². The van der Waals surface area contributed by atoms with Crippen molar-refractivity contribution in [2.24, 2.45) is 0 Å². The third-order valence-corrected chi connectivity index (χ3v) is 13.5. The fourth-order valence-electron chi connectivity index (χ4n) is 9.97. The van der Waals surface area contributed by atoms with Crippen LogP contribution in [-0.4, -0.2) is 66.6 Å². The first-order chi connectivity index (χ1) is 30.7. The molecule has 4 aromatic heterocycles. The largest absolute Gasteiger partial charge is 0.457 e. The normalized spacial score (nSPS) is 11.9. The number of furan rings is 2. The maximum absolute atomic E-state index is 7.20. The van der Waals surface area contributed by atoms with Gasteiger partial charge in [-0.05, 0) is 53.0 Å². The minimum absolute atomic E-state index is 0.577. The molecule has 0 aliphatic rings. The molecule has 290 valence electrons. The minimum Gasteiger partial charge on any atom is -0.457 e. The topological polar surface area (TPSA) is 69.9 Å². The Morgan fingerprint density at radius 3 is 1.75 bits per heavy atom. The molecule has 0 saturated heterocycles. The van der Waals surface area contributed by atoms with E-state index in [-0.39, 0.29) is 0 Å². The molecule has 0 N–H and O–H groups in total. The molecule has 0 saturated carbocycles. The van der Waals surface area contributed by atoms with Gasteiger partial charge < -0.3 is 13.4 Å². The van der Waals surface area contributed by atoms with E-state index in [1.54, 1.807) is 0 Å². The molecule has 0 radical (unpaired) electrons. The van der Waals surface area contributed by atoms with Gasteiger partial charge >= 0.3 is 0 Å². The zero-order valence-corrected chi connectivity index (χ0v) is 36.0. The van der Waals surface area contributed by atoms with Gasteiger partial charge in [0.2, 0.25) is 0 Å². The Morgan fingerprint density at radius 2 is 0.968 bits per heavy atom. The fraction of sp³-hybridized carbons (Fsp3) is 0. The third kappa shape index (κ3) is 5.57. The van der Waals surface area contributed by atoms with Crippen molar-refractivity contribution in [3.63, 3.8) is 0 Å². The van der Waals surface area contributed by atoms with E-state index < -0.39 is 0 Å². The molecule has 0 aliphatic heterocycles. The number of fused-ring (bicyclic) bond motifs is 9. The lowest BCUT2D eigenvalue weighted by Crippen LogP contribution is -2.41. The van der Waals surface area contributed by atoms with Crippen molar-refractivity contribution in [1.82, 2.24) is 19.5 Å². The molecule has 0 fully saturated rings. The van der Waals surface area contributed by atoms with Crippen LogP contribution in [0.3, 0.4) is 0 Å². The van der Waals surface area contributed by atoms with Crippen molar-refractivity contribution in [2.75, 3.05) is 0 Å². The molecule has 12 rings (SSSR count). The second kappa shape index (κ2) is 14.0. The van der Waals surface area contributed by atoms with Crippen LogP contribution in [0.4, 0.5) is 0 Å².